The molecule has 1 aliphatic heterocycles. The Balaban J connectivity index is 1.39. The monoisotopic (exact) mass is 430 g/mol. The molecule has 2 aliphatic rings. The number of H-pyrrole nitrogens is 1. The molecule has 1 fully saturated rings. The fraction of sp³-hybridized carbons (Fsp3) is 0.130. The molecule has 1 saturated carbocycles. The normalized spacial score (nSPS) is 22.0. The number of sulfonamides is 1. The topological polar surface area (TPSA) is 118 Å². The summed E-state index contributed by atoms with van der Waals surface area (Å²) in [6, 6.07) is 20.3. The van der Waals surface area contributed by atoms with Crippen LogP contribution in [0.4, 0.5) is 5.69 Å². The van der Waals surface area contributed by atoms with Crippen LogP contribution >= 0.6 is 0 Å². The molecule has 4 N–H and O–H groups in total. The molecule has 0 radical (unpaired) electrons. The molecule has 6 rings (SSSR count). The van der Waals surface area contributed by atoms with E-state index in [9.17, 15) is 13.2 Å². The van der Waals surface area contributed by atoms with Crippen molar-refractivity contribution in [3.8, 4) is 11.3 Å². The molecular formula is C23H18N4O3S. The number of hydrogen-bond donors (Lipinski definition) is 3. The highest BCUT2D eigenvalue weighted by Gasteiger charge is 2.65. The summed E-state index contributed by atoms with van der Waals surface area (Å²) in [4.78, 5) is 12.8. The number of nitrogens with zero attached hydrogens (tertiary/aromatic N) is 1. The summed E-state index contributed by atoms with van der Waals surface area (Å²) in [5, 5.41) is 16.6. The molecule has 8 heteroatoms. The molecule has 31 heavy (non-hydrogen) atoms. The summed E-state index contributed by atoms with van der Waals surface area (Å²) < 4.78 is 23.4. The van der Waals surface area contributed by atoms with Gasteiger partial charge in [-0.2, -0.15) is 5.10 Å². The number of hydrogen-bond acceptors (Lipinski definition) is 4. The van der Waals surface area contributed by atoms with E-state index in [1.54, 1.807) is 12.1 Å². The number of carbonyl (C=O) groups excluding carboxylic acids is 1. The predicted molar refractivity (Wildman–Crippen MR) is 117 cm³/mol. The van der Waals surface area contributed by atoms with Crippen LogP contribution in [-0.2, 0) is 20.2 Å². The van der Waals surface area contributed by atoms with Gasteiger partial charge in [-0.1, -0.05) is 42.5 Å². The van der Waals surface area contributed by atoms with E-state index >= 15 is 0 Å². The molecule has 0 bridgehead atoms. The zero-order chi connectivity index (χ0) is 21.4. The van der Waals surface area contributed by atoms with E-state index < -0.39 is 15.4 Å². The van der Waals surface area contributed by atoms with Gasteiger partial charge in [0.2, 0.25) is 15.9 Å². The van der Waals surface area contributed by atoms with Crippen LogP contribution in [0.2, 0.25) is 0 Å². The first-order valence-electron chi connectivity index (χ1n) is 9.90. The van der Waals surface area contributed by atoms with Gasteiger partial charge in [-0.3, -0.25) is 9.89 Å². The first-order chi connectivity index (χ1) is 14.9. The Labute approximate surface area is 178 Å². The van der Waals surface area contributed by atoms with E-state index in [0.29, 0.717) is 11.3 Å². The number of carbonyl (C=O) groups is 1. The number of benzene rings is 3. The van der Waals surface area contributed by atoms with Crippen molar-refractivity contribution in [3.63, 3.8) is 0 Å². The zero-order valence-corrected chi connectivity index (χ0v) is 17.1. The number of nitrogens with two attached hydrogens (primary N) is 1. The lowest BCUT2D eigenvalue weighted by atomic mass is 9.91. The van der Waals surface area contributed by atoms with Crippen molar-refractivity contribution in [1.29, 1.82) is 0 Å². The standard InChI is InChI=1S/C23H18N4O3S/c24-31(29,30)15-5-3-4-14(10-15)21-16-9-8-13(11-20(16)26-27-21)18-12-23(18)17-6-1-2-7-19(17)25-22(23)28/h1-11,18H,12H2,(H,25,28)(H,26,27)(H2,24,29,30). The highest BCUT2D eigenvalue weighted by atomic mass is 32.2. The lowest BCUT2D eigenvalue weighted by Crippen LogP contribution is -2.20. The van der Waals surface area contributed by atoms with E-state index in [1.807, 2.05) is 42.5 Å². The number of rotatable bonds is 3. The second kappa shape index (κ2) is 6.03. The molecule has 154 valence electrons. The van der Waals surface area contributed by atoms with Crippen molar-refractivity contribution in [3.05, 3.63) is 77.9 Å². The van der Waals surface area contributed by atoms with Gasteiger partial charge in [-0.05, 0) is 41.8 Å². The first-order valence-corrected chi connectivity index (χ1v) is 11.4. The summed E-state index contributed by atoms with van der Waals surface area (Å²) in [7, 11) is -3.80. The summed E-state index contributed by atoms with van der Waals surface area (Å²) in [6.45, 7) is 0. The Kier molecular flexibility index (Phi) is 3.56. The van der Waals surface area contributed by atoms with Crippen LogP contribution < -0.4 is 10.5 Å². The molecule has 4 aromatic rings. The van der Waals surface area contributed by atoms with Gasteiger partial charge in [-0.25, -0.2) is 13.6 Å². The van der Waals surface area contributed by atoms with Crippen LogP contribution in [-0.4, -0.2) is 24.5 Å². The van der Waals surface area contributed by atoms with Gasteiger partial charge in [0.05, 0.1) is 21.5 Å². The van der Waals surface area contributed by atoms with E-state index in [1.165, 1.54) is 12.1 Å². The molecule has 2 unspecified atom stereocenters. The number of anilines is 1. The number of para-hydroxylation sites is 1. The third-order valence-electron chi connectivity index (χ3n) is 6.45. The fourth-order valence-corrected chi connectivity index (χ4v) is 5.41. The number of aromatic amines is 1. The Hall–Kier alpha value is -3.49. The lowest BCUT2D eigenvalue weighted by Gasteiger charge is -2.09. The third-order valence-corrected chi connectivity index (χ3v) is 7.36. The van der Waals surface area contributed by atoms with Gasteiger partial charge in [0.15, 0.2) is 0 Å². The van der Waals surface area contributed by atoms with Crippen LogP contribution in [0.3, 0.4) is 0 Å². The molecule has 1 amide bonds. The van der Waals surface area contributed by atoms with Gasteiger partial charge >= 0.3 is 0 Å². The Morgan fingerprint density at radius 3 is 2.71 bits per heavy atom. The number of primary sulfonamides is 1. The predicted octanol–water partition coefficient (Wildman–Crippen LogP) is 3.25. The van der Waals surface area contributed by atoms with Crippen molar-refractivity contribution in [2.75, 3.05) is 5.32 Å². The van der Waals surface area contributed by atoms with Crippen LogP contribution in [0.15, 0.2) is 71.6 Å². The Morgan fingerprint density at radius 2 is 1.87 bits per heavy atom. The number of nitrogens with one attached hydrogen (secondary N) is 2. The molecule has 7 nitrogen and oxygen atoms in total. The van der Waals surface area contributed by atoms with Gasteiger partial charge in [0, 0.05) is 22.6 Å². The van der Waals surface area contributed by atoms with Crippen LogP contribution in [0.1, 0.15) is 23.5 Å². The Bertz CT molecular complexity index is 1510. The first kappa shape index (κ1) is 18.3. The quantitative estimate of drug-likeness (QED) is 0.462. The van der Waals surface area contributed by atoms with Crippen molar-refractivity contribution >= 4 is 32.5 Å². The number of aromatic nitrogens is 2. The van der Waals surface area contributed by atoms with E-state index in [-0.39, 0.29) is 16.7 Å². The molecule has 1 aromatic heterocycles. The minimum atomic E-state index is -3.80. The molecule has 2 atom stereocenters. The van der Waals surface area contributed by atoms with Gasteiger partial charge in [0.25, 0.3) is 0 Å². The molecule has 1 spiro atoms. The Morgan fingerprint density at radius 1 is 1.03 bits per heavy atom. The summed E-state index contributed by atoms with van der Waals surface area (Å²) in [6.07, 6.45) is 0.777. The van der Waals surface area contributed by atoms with Crippen LogP contribution in [0.5, 0.6) is 0 Å². The highest BCUT2D eigenvalue weighted by molar-refractivity contribution is 7.89. The van der Waals surface area contributed by atoms with Crippen molar-refractivity contribution in [2.45, 2.75) is 22.6 Å². The summed E-state index contributed by atoms with van der Waals surface area (Å²) in [5.41, 5.74) is 4.70. The number of amides is 1. The van der Waals surface area contributed by atoms with Crippen LogP contribution in [0, 0.1) is 0 Å². The molecule has 1 aliphatic carbocycles. The highest BCUT2D eigenvalue weighted by Crippen LogP contribution is 2.65. The van der Waals surface area contributed by atoms with E-state index in [0.717, 1.165) is 34.1 Å². The maximum absolute atomic E-state index is 12.8. The molecular weight excluding hydrogens is 412 g/mol. The maximum Gasteiger partial charge on any atom is 0.238 e. The smallest absolute Gasteiger partial charge is 0.238 e. The molecule has 3 aromatic carbocycles. The van der Waals surface area contributed by atoms with E-state index in [2.05, 4.69) is 15.5 Å². The second-order valence-corrected chi connectivity index (χ2v) is 9.74. The van der Waals surface area contributed by atoms with Gasteiger partial charge in [0.1, 0.15) is 0 Å². The van der Waals surface area contributed by atoms with Crippen molar-refractivity contribution < 1.29 is 13.2 Å². The van der Waals surface area contributed by atoms with Crippen LogP contribution in [0.25, 0.3) is 22.2 Å². The minimum absolute atomic E-state index is 0.0450. The maximum atomic E-state index is 12.8. The van der Waals surface area contributed by atoms with Crippen molar-refractivity contribution in [2.24, 2.45) is 5.14 Å². The third kappa shape index (κ3) is 2.58. The van der Waals surface area contributed by atoms with Crippen molar-refractivity contribution in [1.82, 2.24) is 10.2 Å². The molecule has 2 heterocycles. The second-order valence-electron chi connectivity index (χ2n) is 8.18. The SMILES string of the molecule is NS(=O)(=O)c1cccc(-c2n[nH]c3cc(C4CC45C(=O)Nc4ccccc45)ccc23)c1. The fourth-order valence-electron chi connectivity index (χ4n) is 4.85. The summed E-state index contributed by atoms with van der Waals surface area (Å²) >= 11 is 0. The average Bonchev–Trinajstić information content (AvgIpc) is 3.27. The number of fused-ring (bicyclic) bond motifs is 3. The largest absolute Gasteiger partial charge is 0.325 e. The zero-order valence-electron chi connectivity index (χ0n) is 16.3. The molecule has 0 saturated heterocycles. The van der Waals surface area contributed by atoms with Gasteiger partial charge in [-0.15, -0.1) is 0 Å². The lowest BCUT2D eigenvalue weighted by molar-refractivity contribution is -0.118. The minimum Gasteiger partial charge on any atom is -0.325 e. The summed E-state index contributed by atoms with van der Waals surface area (Å²) in [5.74, 6) is 0.168. The average molecular weight is 430 g/mol. The van der Waals surface area contributed by atoms with E-state index in [4.69, 9.17) is 5.14 Å². The van der Waals surface area contributed by atoms with Gasteiger partial charge < -0.3 is 5.32 Å².